The molecular weight excluding hydrogens is 136 g/mol. The van der Waals surface area contributed by atoms with Gasteiger partial charge >= 0.3 is 6.09 Å². The summed E-state index contributed by atoms with van der Waals surface area (Å²) >= 11 is 0. The zero-order chi connectivity index (χ0) is 7.98. The Morgan fingerprint density at radius 2 is 2.20 bits per heavy atom. The van der Waals surface area contributed by atoms with E-state index in [1.807, 2.05) is 0 Å². The molecule has 0 radical (unpaired) electrons. The molecule has 0 fully saturated rings. The lowest BCUT2D eigenvalue weighted by atomic mass is 10.4. The maximum absolute atomic E-state index is 10.0. The van der Waals surface area contributed by atoms with Crippen molar-refractivity contribution in [1.29, 1.82) is 0 Å². The third kappa shape index (κ3) is 5.33. The fraction of sp³-hybridized carbons (Fsp3) is 0.800. The van der Waals surface area contributed by atoms with Crippen molar-refractivity contribution in [3.05, 3.63) is 0 Å². The standard InChI is InChI=1S/C5H12N2O3/c1-9-2-4(6)3-10-5(7)8/h4H,2-3,6H2,1H3,(H2,7,8)/t4-/m0/s1. The van der Waals surface area contributed by atoms with Gasteiger partial charge in [0.25, 0.3) is 0 Å². The molecule has 10 heavy (non-hydrogen) atoms. The lowest BCUT2D eigenvalue weighted by Crippen LogP contribution is -2.33. The molecule has 0 saturated heterocycles. The van der Waals surface area contributed by atoms with Crippen LogP contribution < -0.4 is 11.5 Å². The molecule has 60 valence electrons. The molecule has 0 aromatic rings. The van der Waals surface area contributed by atoms with Gasteiger partial charge in [0.15, 0.2) is 0 Å². The highest BCUT2D eigenvalue weighted by atomic mass is 16.5. The Morgan fingerprint density at radius 3 is 2.60 bits per heavy atom. The molecule has 0 spiro atoms. The normalized spacial score (nSPS) is 12.6. The van der Waals surface area contributed by atoms with E-state index in [0.29, 0.717) is 6.61 Å². The van der Waals surface area contributed by atoms with Gasteiger partial charge in [-0.25, -0.2) is 4.79 Å². The molecule has 0 unspecified atom stereocenters. The van der Waals surface area contributed by atoms with E-state index in [0.717, 1.165) is 0 Å². The lowest BCUT2D eigenvalue weighted by molar-refractivity contribution is 0.117. The SMILES string of the molecule is COC[C@H](N)COC(N)=O. The summed E-state index contributed by atoms with van der Waals surface area (Å²) in [5.74, 6) is 0. The van der Waals surface area contributed by atoms with Crippen LogP contribution in [0.4, 0.5) is 4.79 Å². The molecule has 1 atom stereocenters. The van der Waals surface area contributed by atoms with Gasteiger partial charge in [-0.2, -0.15) is 0 Å². The van der Waals surface area contributed by atoms with Crippen LogP contribution in [-0.4, -0.2) is 32.5 Å². The summed E-state index contributed by atoms with van der Waals surface area (Å²) in [4.78, 5) is 10.0. The Balaban J connectivity index is 3.21. The maximum atomic E-state index is 10.0. The Kier molecular flexibility index (Phi) is 4.61. The van der Waals surface area contributed by atoms with E-state index in [-0.39, 0.29) is 12.6 Å². The van der Waals surface area contributed by atoms with Gasteiger partial charge in [0, 0.05) is 7.11 Å². The molecule has 0 aliphatic heterocycles. The van der Waals surface area contributed by atoms with Crippen molar-refractivity contribution in [2.45, 2.75) is 6.04 Å². The van der Waals surface area contributed by atoms with E-state index in [9.17, 15) is 4.79 Å². The van der Waals surface area contributed by atoms with Crippen molar-refractivity contribution < 1.29 is 14.3 Å². The van der Waals surface area contributed by atoms with E-state index >= 15 is 0 Å². The number of methoxy groups -OCH3 is 1. The van der Waals surface area contributed by atoms with E-state index in [2.05, 4.69) is 15.2 Å². The summed E-state index contributed by atoms with van der Waals surface area (Å²) in [6, 6.07) is -0.294. The first-order valence-corrected chi connectivity index (χ1v) is 2.83. The van der Waals surface area contributed by atoms with Gasteiger partial charge in [0.1, 0.15) is 6.61 Å². The minimum Gasteiger partial charge on any atom is -0.448 e. The van der Waals surface area contributed by atoms with Gasteiger partial charge in [-0.1, -0.05) is 0 Å². The molecule has 1 amide bonds. The number of hydrogen-bond acceptors (Lipinski definition) is 4. The first-order chi connectivity index (χ1) is 4.66. The monoisotopic (exact) mass is 148 g/mol. The minimum absolute atomic E-state index is 0.100. The fourth-order valence-electron chi connectivity index (χ4n) is 0.451. The quantitative estimate of drug-likeness (QED) is 0.538. The third-order valence-corrected chi connectivity index (χ3v) is 0.820. The summed E-state index contributed by atoms with van der Waals surface area (Å²) in [6.45, 7) is 0.455. The van der Waals surface area contributed by atoms with E-state index < -0.39 is 6.09 Å². The average Bonchev–Trinajstić information content (AvgIpc) is 1.85. The Labute approximate surface area is 59.3 Å². The van der Waals surface area contributed by atoms with E-state index in [1.165, 1.54) is 7.11 Å². The summed E-state index contributed by atoms with van der Waals surface area (Å²) in [6.07, 6.45) is -0.813. The van der Waals surface area contributed by atoms with Crippen LogP contribution in [0.2, 0.25) is 0 Å². The Bertz CT molecular complexity index is 107. The van der Waals surface area contributed by atoms with Crippen molar-refractivity contribution in [2.24, 2.45) is 11.5 Å². The number of rotatable bonds is 4. The van der Waals surface area contributed by atoms with Crippen LogP contribution in [0.5, 0.6) is 0 Å². The molecule has 0 aliphatic rings. The number of hydrogen-bond donors (Lipinski definition) is 2. The number of primary amides is 1. The number of ether oxygens (including phenoxy) is 2. The number of carbonyl (C=O) groups excluding carboxylic acids is 1. The number of carbonyl (C=O) groups is 1. The fourth-order valence-corrected chi connectivity index (χ4v) is 0.451. The van der Waals surface area contributed by atoms with Gasteiger partial charge in [-0.3, -0.25) is 0 Å². The molecule has 0 aromatic heterocycles. The second kappa shape index (κ2) is 5.01. The second-order valence-electron chi connectivity index (χ2n) is 1.85. The van der Waals surface area contributed by atoms with Crippen LogP contribution in [-0.2, 0) is 9.47 Å². The highest BCUT2D eigenvalue weighted by Gasteiger charge is 2.02. The molecule has 5 heteroatoms. The molecule has 0 aromatic carbocycles. The smallest absolute Gasteiger partial charge is 0.404 e. The lowest BCUT2D eigenvalue weighted by Gasteiger charge is -2.08. The molecule has 0 heterocycles. The van der Waals surface area contributed by atoms with Crippen molar-refractivity contribution in [3.8, 4) is 0 Å². The van der Waals surface area contributed by atoms with Crippen molar-refractivity contribution in [2.75, 3.05) is 20.3 Å². The van der Waals surface area contributed by atoms with Gasteiger partial charge in [-0.05, 0) is 0 Å². The first-order valence-electron chi connectivity index (χ1n) is 2.83. The highest BCUT2D eigenvalue weighted by molar-refractivity contribution is 5.64. The summed E-state index contributed by atoms with van der Waals surface area (Å²) in [5, 5.41) is 0. The third-order valence-electron chi connectivity index (χ3n) is 0.820. The molecule has 4 N–H and O–H groups in total. The summed E-state index contributed by atoms with van der Waals surface area (Å²) < 4.78 is 9.07. The van der Waals surface area contributed by atoms with Gasteiger partial charge in [0.05, 0.1) is 12.6 Å². The Hall–Kier alpha value is -0.810. The highest BCUT2D eigenvalue weighted by Crippen LogP contribution is 1.81. The Morgan fingerprint density at radius 1 is 1.60 bits per heavy atom. The van der Waals surface area contributed by atoms with Crippen LogP contribution in [0.15, 0.2) is 0 Å². The van der Waals surface area contributed by atoms with Crippen LogP contribution >= 0.6 is 0 Å². The zero-order valence-electron chi connectivity index (χ0n) is 5.87. The van der Waals surface area contributed by atoms with Crippen molar-refractivity contribution in [3.63, 3.8) is 0 Å². The van der Waals surface area contributed by atoms with Crippen molar-refractivity contribution >= 4 is 6.09 Å². The van der Waals surface area contributed by atoms with Gasteiger partial charge in [0.2, 0.25) is 0 Å². The van der Waals surface area contributed by atoms with Crippen molar-refractivity contribution in [1.82, 2.24) is 0 Å². The van der Waals surface area contributed by atoms with Crippen LogP contribution in [0.25, 0.3) is 0 Å². The zero-order valence-corrected chi connectivity index (χ0v) is 5.87. The predicted octanol–water partition coefficient (Wildman–Crippen LogP) is -0.945. The summed E-state index contributed by atoms with van der Waals surface area (Å²) in [5.41, 5.74) is 10.1. The average molecular weight is 148 g/mol. The maximum Gasteiger partial charge on any atom is 0.404 e. The van der Waals surface area contributed by atoms with E-state index in [1.54, 1.807) is 0 Å². The molecule has 0 aliphatic carbocycles. The van der Waals surface area contributed by atoms with Crippen LogP contribution in [0, 0.1) is 0 Å². The van der Waals surface area contributed by atoms with Gasteiger partial charge < -0.3 is 20.9 Å². The van der Waals surface area contributed by atoms with Gasteiger partial charge in [-0.15, -0.1) is 0 Å². The molecular formula is C5H12N2O3. The first kappa shape index (κ1) is 9.19. The molecule has 5 nitrogen and oxygen atoms in total. The van der Waals surface area contributed by atoms with Crippen LogP contribution in [0.1, 0.15) is 0 Å². The molecule has 0 rings (SSSR count). The second-order valence-corrected chi connectivity index (χ2v) is 1.85. The largest absolute Gasteiger partial charge is 0.448 e. The summed E-state index contributed by atoms with van der Waals surface area (Å²) in [7, 11) is 1.52. The topological polar surface area (TPSA) is 87.6 Å². The predicted molar refractivity (Wildman–Crippen MR) is 35.4 cm³/mol. The number of amides is 1. The molecule has 0 saturated carbocycles. The number of nitrogens with two attached hydrogens (primary N) is 2. The van der Waals surface area contributed by atoms with E-state index in [4.69, 9.17) is 5.73 Å². The van der Waals surface area contributed by atoms with Crippen LogP contribution in [0.3, 0.4) is 0 Å². The molecule has 0 bridgehead atoms. The minimum atomic E-state index is -0.813.